The summed E-state index contributed by atoms with van der Waals surface area (Å²) in [6.45, 7) is 9.26. The molecule has 5 nitrogen and oxygen atoms in total. The number of rotatable bonds is 5. The number of hydrogen-bond donors (Lipinski definition) is 0. The number of aryl methyl sites for hydroxylation is 1. The predicted octanol–water partition coefficient (Wildman–Crippen LogP) is 5.07. The molecule has 28 heavy (non-hydrogen) atoms. The van der Waals surface area contributed by atoms with E-state index in [1.54, 1.807) is 12.0 Å². The van der Waals surface area contributed by atoms with Gasteiger partial charge in [0.05, 0.1) is 17.7 Å². The van der Waals surface area contributed by atoms with E-state index in [1.807, 2.05) is 52.0 Å². The molecule has 1 amide bonds. The monoisotopic (exact) mass is 417 g/mol. The Morgan fingerprint density at radius 2 is 2.00 bits per heavy atom. The van der Waals surface area contributed by atoms with E-state index in [4.69, 9.17) is 16.3 Å². The van der Waals surface area contributed by atoms with Gasteiger partial charge in [-0.15, -0.1) is 0 Å². The van der Waals surface area contributed by atoms with Crippen LogP contribution in [0.3, 0.4) is 0 Å². The molecule has 3 rings (SSSR count). The quantitative estimate of drug-likeness (QED) is 0.638. The number of nitrogens with zero attached hydrogens (tertiary/aromatic N) is 3. The van der Waals surface area contributed by atoms with Crippen LogP contribution in [0.4, 0.5) is 0 Å². The third-order valence-electron chi connectivity index (χ3n) is 4.64. The SMILES string of the molecule is CCN=C1S/C(=C/c2cc(C)n(-c3cc(Cl)ccc3OC)c2C)C(=O)N1CC. The zero-order valence-corrected chi connectivity index (χ0v) is 18.3. The molecular formula is C21H24ClN3O2S. The number of ether oxygens (including phenoxy) is 1. The maximum absolute atomic E-state index is 12.8. The summed E-state index contributed by atoms with van der Waals surface area (Å²) >= 11 is 7.66. The average Bonchev–Trinajstić information content (AvgIpc) is 3.11. The molecule has 1 saturated heterocycles. The molecule has 1 aromatic heterocycles. The fourth-order valence-electron chi connectivity index (χ4n) is 3.32. The van der Waals surface area contributed by atoms with E-state index in [-0.39, 0.29) is 5.91 Å². The summed E-state index contributed by atoms with van der Waals surface area (Å²) < 4.78 is 7.62. The van der Waals surface area contributed by atoms with Gasteiger partial charge in [0, 0.05) is 29.5 Å². The van der Waals surface area contributed by atoms with Crippen molar-refractivity contribution in [1.29, 1.82) is 0 Å². The summed E-state index contributed by atoms with van der Waals surface area (Å²) in [5.41, 5.74) is 3.92. The van der Waals surface area contributed by atoms with Crippen molar-refractivity contribution in [2.75, 3.05) is 20.2 Å². The molecule has 2 aromatic rings. The lowest BCUT2D eigenvalue weighted by Gasteiger charge is -2.14. The van der Waals surface area contributed by atoms with Crippen molar-refractivity contribution in [1.82, 2.24) is 9.47 Å². The Hall–Kier alpha value is -2.18. The number of thioether (sulfide) groups is 1. The van der Waals surface area contributed by atoms with E-state index in [9.17, 15) is 4.79 Å². The maximum Gasteiger partial charge on any atom is 0.266 e. The second-order valence-electron chi connectivity index (χ2n) is 6.40. The molecule has 1 aliphatic heterocycles. The fraction of sp³-hybridized carbons (Fsp3) is 0.333. The van der Waals surface area contributed by atoms with Crippen LogP contribution in [0.5, 0.6) is 5.75 Å². The number of likely N-dealkylation sites (N-methyl/N-ethyl adjacent to an activating group) is 1. The number of aliphatic imine (C=N–C) groups is 1. The van der Waals surface area contributed by atoms with E-state index in [0.717, 1.165) is 33.6 Å². The van der Waals surface area contributed by atoms with E-state index < -0.39 is 0 Å². The molecule has 1 aromatic carbocycles. The van der Waals surface area contributed by atoms with Gasteiger partial charge in [0.15, 0.2) is 5.17 Å². The van der Waals surface area contributed by atoms with Crippen molar-refractivity contribution in [2.24, 2.45) is 4.99 Å². The highest BCUT2D eigenvalue weighted by Gasteiger charge is 2.32. The van der Waals surface area contributed by atoms with Crippen LogP contribution in [-0.2, 0) is 4.79 Å². The molecule has 2 heterocycles. The Morgan fingerprint density at radius 1 is 1.25 bits per heavy atom. The largest absolute Gasteiger partial charge is 0.495 e. The summed E-state index contributed by atoms with van der Waals surface area (Å²) in [6, 6.07) is 7.62. The maximum atomic E-state index is 12.8. The molecule has 1 fully saturated rings. The van der Waals surface area contributed by atoms with Gasteiger partial charge < -0.3 is 9.30 Å². The molecule has 0 radical (unpaired) electrons. The Balaban J connectivity index is 2.06. The summed E-state index contributed by atoms with van der Waals surface area (Å²) in [7, 11) is 1.64. The van der Waals surface area contributed by atoms with Crippen LogP contribution in [0.2, 0.25) is 5.02 Å². The van der Waals surface area contributed by atoms with Crippen LogP contribution >= 0.6 is 23.4 Å². The molecule has 0 spiro atoms. The first-order valence-electron chi connectivity index (χ1n) is 9.19. The van der Waals surface area contributed by atoms with Crippen LogP contribution in [0.15, 0.2) is 34.2 Å². The van der Waals surface area contributed by atoms with Crippen molar-refractivity contribution in [3.8, 4) is 11.4 Å². The second-order valence-corrected chi connectivity index (χ2v) is 7.84. The Morgan fingerprint density at radius 3 is 2.64 bits per heavy atom. The van der Waals surface area contributed by atoms with Gasteiger partial charge in [-0.1, -0.05) is 11.6 Å². The first-order valence-corrected chi connectivity index (χ1v) is 10.4. The van der Waals surface area contributed by atoms with Crippen LogP contribution in [0, 0.1) is 13.8 Å². The van der Waals surface area contributed by atoms with Crippen LogP contribution in [-0.4, -0.2) is 40.7 Å². The molecule has 148 valence electrons. The molecule has 1 aliphatic rings. The lowest BCUT2D eigenvalue weighted by atomic mass is 10.2. The molecular weight excluding hydrogens is 394 g/mol. The molecule has 0 N–H and O–H groups in total. The predicted molar refractivity (Wildman–Crippen MR) is 118 cm³/mol. The van der Waals surface area contributed by atoms with Gasteiger partial charge in [-0.3, -0.25) is 14.7 Å². The molecule has 0 aliphatic carbocycles. The van der Waals surface area contributed by atoms with Gasteiger partial charge in [0.25, 0.3) is 5.91 Å². The zero-order valence-electron chi connectivity index (χ0n) is 16.7. The van der Waals surface area contributed by atoms with Crippen molar-refractivity contribution in [3.63, 3.8) is 0 Å². The van der Waals surface area contributed by atoms with Gasteiger partial charge >= 0.3 is 0 Å². The number of halogens is 1. The highest BCUT2D eigenvalue weighted by Crippen LogP contribution is 2.35. The minimum atomic E-state index is 0.00448. The van der Waals surface area contributed by atoms with Gasteiger partial charge in [-0.2, -0.15) is 0 Å². The molecule has 0 saturated carbocycles. The first-order chi connectivity index (χ1) is 13.4. The molecule has 0 unspecified atom stereocenters. The van der Waals surface area contributed by atoms with Crippen LogP contribution in [0.1, 0.15) is 30.8 Å². The third kappa shape index (κ3) is 3.71. The van der Waals surface area contributed by atoms with Crippen molar-refractivity contribution in [2.45, 2.75) is 27.7 Å². The van der Waals surface area contributed by atoms with Crippen molar-refractivity contribution >= 4 is 40.5 Å². The summed E-state index contributed by atoms with van der Waals surface area (Å²) in [5.74, 6) is 0.746. The average molecular weight is 418 g/mol. The third-order valence-corrected chi connectivity index (χ3v) is 5.92. The minimum Gasteiger partial charge on any atom is -0.495 e. The number of carbonyl (C=O) groups excluding carboxylic acids is 1. The van der Waals surface area contributed by atoms with E-state index in [2.05, 4.69) is 15.6 Å². The topological polar surface area (TPSA) is 46.8 Å². The molecule has 0 bridgehead atoms. The Labute approximate surface area is 175 Å². The number of amidine groups is 1. The Kier molecular flexibility index (Phi) is 6.20. The number of methoxy groups -OCH3 is 1. The smallest absolute Gasteiger partial charge is 0.266 e. The standard InChI is InChI=1S/C21H24ClN3O2S/c1-6-23-21-24(7-2)20(26)19(28-21)11-15-10-13(3)25(14(15)4)17-12-16(22)8-9-18(17)27-5/h8-12H,6-7H2,1-5H3/b19-11+,23-21?. The molecule has 7 heteroatoms. The van der Waals surface area contributed by atoms with Gasteiger partial charge in [-0.05, 0) is 75.4 Å². The second kappa shape index (κ2) is 8.45. The summed E-state index contributed by atoms with van der Waals surface area (Å²) in [5, 5.41) is 1.41. The van der Waals surface area contributed by atoms with E-state index >= 15 is 0 Å². The summed E-state index contributed by atoms with van der Waals surface area (Å²) in [4.78, 5) is 19.6. The number of carbonyl (C=O) groups is 1. The normalized spacial score (nSPS) is 17.2. The number of amides is 1. The molecule has 0 atom stereocenters. The fourth-order valence-corrected chi connectivity index (χ4v) is 4.59. The number of benzene rings is 1. The minimum absolute atomic E-state index is 0.00448. The zero-order chi connectivity index (χ0) is 20.4. The van der Waals surface area contributed by atoms with Gasteiger partial charge in [0.2, 0.25) is 0 Å². The van der Waals surface area contributed by atoms with E-state index in [0.29, 0.717) is 23.0 Å². The van der Waals surface area contributed by atoms with Crippen molar-refractivity contribution < 1.29 is 9.53 Å². The highest BCUT2D eigenvalue weighted by molar-refractivity contribution is 8.18. The number of hydrogen-bond acceptors (Lipinski definition) is 4. The lowest BCUT2D eigenvalue weighted by Crippen LogP contribution is -2.28. The van der Waals surface area contributed by atoms with Crippen molar-refractivity contribution in [3.05, 3.63) is 51.1 Å². The van der Waals surface area contributed by atoms with Crippen LogP contribution < -0.4 is 4.74 Å². The lowest BCUT2D eigenvalue weighted by molar-refractivity contribution is -0.122. The van der Waals surface area contributed by atoms with E-state index in [1.165, 1.54) is 11.8 Å². The van der Waals surface area contributed by atoms with Gasteiger partial charge in [-0.25, -0.2) is 0 Å². The number of aromatic nitrogens is 1. The Bertz CT molecular complexity index is 978. The first kappa shape index (κ1) is 20.6. The highest BCUT2D eigenvalue weighted by atomic mass is 35.5. The summed E-state index contributed by atoms with van der Waals surface area (Å²) in [6.07, 6.45) is 1.95. The van der Waals surface area contributed by atoms with Gasteiger partial charge in [0.1, 0.15) is 5.75 Å². The van der Waals surface area contributed by atoms with Crippen LogP contribution in [0.25, 0.3) is 11.8 Å².